The van der Waals surface area contributed by atoms with E-state index in [0.29, 0.717) is 12.5 Å². The zero-order chi connectivity index (χ0) is 14.5. The molecule has 0 aromatic rings. The fraction of sp³-hybridized carbons (Fsp3) is 0.923. The Balaban J connectivity index is 2.16. The fourth-order valence-electron chi connectivity index (χ4n) is 2.46. The van der Waals surface area contributed by atoms with Crippen molar-refractivity contribution in [3.8, 4) is 0 Å². The van der Waals surface area contributed by atoms with Gasteiger partial charge in [0.1, 0.15) is 0 Å². The summed E-state index contributed by atoms with van der Waals surface area (Å²) in [6, 6.07) is 0.410. The summed E-state index contributed by atoms with van der Waals surface area (Å²) in [7, 11) is 0. The molecule has 0 aromatic heterocycles. The minimum atomic E-state index is -4.05. The molecule has 0 spiro atoms. The topological polar surface area (TPSA) is 32.3 Å². The second-order valence-corrected chi connectivity index (χ2v) is 5.36. The first-order valence-corrected chi connectivity index (χ1v) is 6.86. The molecule has 1 unspecified atom stereocenters. The van der Waals surface area contributed by atoms with Crippen LogP contribution in [-0.2, 0) is 4.79 Å². The minimum Gasteiger partial charge on any atom is -0.343 e. The number of nitrogens with zero attached hydrogens (tertiary/aromatic N) is 1. The van der Waals surface area contributed by atoms with Gasteiger partial charge in [0.05, 0.1) is 0 Å². The van der Waals surface area contributed by atoms with E-state index in [1.807, 2.05) is 11.8 Å². The van der Waals surface area contributed by atoms with Crippen LogP contribution < -0.4 is 5.32 Å². The van der Waals surface area contributed by atoms with E-state index < -0.39 is 12.6 Å². The first-order chi connectivity index (χ1) is 8.78. The number of piperidine rings is 1. The number of rotatable bonds is 5. The third-order valence-electron chi connectivity index (χ3n) is 3.56. The summed E-state index contributed by atoms with van der Waals surface area (Å²) in [4.78, 5) is 13.0. The zero-order valence-electron chi connectivity index (χ0n) is 11.6. The Kier molecular flexibility index (Phi) is 6.10. The summed E-state index contributed by atoms with van der Waals surface area (Å²) in [6.45, 7) is 4.96. The van der Waals surface area contributed by atoms with E-state index in [0.717, 1.165) is 25.9 Å². The van der Waals surface area contributed by atoms with Gasteiger partial charge in [-0.05, 0) is 32.6 Å². The summed E-state index contributed by atoms with van der Waals surface area (Å²) in [6.07, 6.45) is -2.29. The van der Waals surface area contributed by atoms with Crippen LogP contribution in [0.1, 0.15) is 46.0 Å². The van der Waals surface area contributed by atoms with Gasteiger partial charge in [0.15, 0.2) is 0 Å². The molecule has 1 N–H and O–H groups in total. The van der Waals surface area contributed by atoms with E-state index in [1.54, 1.807) is 6.92 Å². The van der Waals surface area contributed by atoms with Gasteiger partial charge in [-0.25, -0.2) is 0 Å². The number of amides is 1. The Morgan fingerprint density at radius 2 is 1.95 bits per heavy atom. The van der Waals surface area contributed by atoms with Gasteiger partial charge in [-0.2, -0.15) is 13.2 Å². The molecule has 1 atom stereocenters. The van der Waals surface area contributed by atoms with Gasteiger partial charge >= 0.3 is 6.18 Å². The molecule has 6 heteroatoms. The monoisotopic (exact) mass is 280 g/mol. The highest BCUT2D eigenvalue weighted by atomic mass is 19.4. The molecule has 1 rings (SSSR count). The number of halogens is 3. The van der Waals surface area contributed by atoms with Crippen LogP contribution in [0.5, 0.6) is 0 Å². The molecule has 0 saturated carbocycles. The molecule has 0 aromatic carbocycles. The summed E-state index contributed by atoms with van der Waals surface area (Å²) in [5, 5.41) is 3.36. The average Bonchev–Trinajstić information content (AvgIpc) is 2.27. The van der Waals surface area contributed by atoms with Crippen molar-refractivity contribution >= 4 is 5.91 Å². The fourth-order valence-corrected chi connectivity index (χ4v) is 2.46. The summed E-state index contributed by atoms with van der Waals surface area (Å²) in [5.74, 6) is 0.0941. The Bertz CT molecular complexity index is 286. The molecule has 3 nitrogen and oxygen atoms in total. The summed E-state index contributed by atoms with van der Waals surface area (Å²) in [5.41, 5.74) is 0. The van der Waals surface area contributed by atoms with Crippen molar-refractivity contribution in [3.63, 3.8) is 0 Å². The van der Waals surface area contributed by atoms with Crippen LogP contribution in [-0.4, -0.2) is 42.2 Å². The lowest BCUT2D eigenvalue weighted by atomic mass is 10.0. The number of hydrogen-bond donors (Lipinski definition) is 1. The first-order valence-electron chi connectivity index (χ1n) is 6.86. The molecule has 0 aliphatic carbocycles. The van der Waals surface area contributed by atoms with Crippen molar-refractivity contribution in [2.75, 3.05) is 13.1 Å². The number of likely N-dealkylation sites (tertiary alicyclic amines) is 1. The standard InChI is InChI=1S/C13H23F3N2O/c1-10(4-3-7-13(14,15)16)17-12-5-8-18(9-6-12)11(2)19/h10,12,17H,3-9H2,1-2H3. The van der Waals surface area contributed by atoms with E-state index in [2.05, 4.69) is 5.32 Å². The predicted octanol–water partition coefficient (Wildman–Crippen LogP) is 2.71. The van der Waals surface area contributed by atoms with Gasteiger partial charge in [-0.1, -0.05) is 0 Å². The van der Waals surface area contributed by atoms with Gasteiger partial charge in [-0.3, -0.25) is 4.79 Å². The maximum atomic E-state index is 12.0. The highest BCUT2D eigenvalue weighted by Crippen LogP contribution is 2.23. The molecule has 1 aliphatic rings. The molecule has 1 fully saturated rings. The van der Waals surface area contributed by atoms with Crippen molar-refractivity contribution < 1.29 is 18.0 Å². The second kappa shape index (κ2) is 7.12. The normalized spacial score (nSPS) is 19.5. The van der Waals surface area contributed by atoms with E-state index in [1.165, 1.54) is 0 Å². The van der Waals surface area contributed by atoms with E-state index >= 15 is 0 Å². The van der Waals surface area contributed by atoms with Gasteiger partial charge in [0.2, 0.25) is 5.91 Å². The molecule has 0 radical (unpaired) electrons. The van der Waals surface area contributed by atoms with E-state index in [-0.39, 0.29) is 18.4 Å². The average molecular weight is 280 g/mol. The van der Waals surface area contributed by atoms with Crippen LogP contribution in [0.2, 0.25) is 0 Å². The van der Waals surface area contributed by atoms with Crippen LogP contribution in [0.15, 0.2) is 0 Å². The molecular formula is C13H23F3N2O. The number of hydrogen-bond acceptors (Lipinski definition) is 2. The smallest absolute Gasteiger partial charge is 0.343 e. The van der Waals surface area contributed by atoms with Crippen molar-refractivity contribution in [1.29, 1.82) is 0 Å². The van der Waals surface area contributed by atoms with Crippen molar-refractivity contribution in [2.45, 2.75) is 64.2 Å². The largest absolute Gasteiger partial charge is 0.389 e. The number of alkyl halides is 3. The molecule has 112 valence electrons. The lowest BCUT2D eigenvalue weighted by Gasteiger charge is -2.33. The maximum absolute atomic E-state index is 12.0. The highest BCUT2D eigenvalue weighted by Gasteiger charge is 2.27. The zero-order valence-corrected chi connectivity index (χ0v) is 11.6. The number of nitrogens with one attached hydrogen (secondary N) is 1. The van der Waals surface area contributed by atoms with Crippen LogP contribution >= 0.6 is 0 Å². The molecular weight excluding hydrogens is 257 g/mol. The second-order valence-electron chi connectivity index (χ2n) is 5.36. The highest BCUT2D eigenvalue weighted by molar-refractivity contribution is 5.73. The molecule has 1 heterocycles. The van der Waals surface area contributed by atoms with Crippen molar-refractivity contribution in [3.05, 3.63) is 0 Å². The minimum absolute atomic E-state index is 0.0937. The summed E-state index contributed by atoms with van der Waals surface area (Å²) < 4.78 is 36.1. The van der Waals surface area contributed by atoms with E-state index in [4.69, 9.17) is 0 Å². The van der Waals surface area contributed by atoms with Gasteiger partial charge in [0.25, 0.3) is 0 Å². The van der Waals surface area contributed by atoms with Crippen LogP contribution in [0, 0.1) is 0 Å². The van der Waals surface area contributed by atoms with Crippen LogP contribution in [0.25, 0.3) is 0 Å². The predicted molar refractivity (Wildman–Crippen MR) is 67.8 cm³/mol. The molecule has 1 saturated heterocycles. The quantitative estimate of drug-likeness (QED) is 0.840. The lowest BCUT2D eigenvalue weighted by molar-refractivity contribution is -0.135. The van der Waals surface area contributed by atoms with Crippen molar-refractivity contribution in [2.24, 2.45) is 0 Å². The van der Waals surface area contributed by atoms with Gasteiger partial charge in [-0.15, -0.1) is 0 Å². The lowest BCUT2D eigenvalue weighted by Crippen LogP contribution is -2.46. The third kappa shape index (κ3) is 6.80. The SMILES string of the molecule is CC(=O)N1CCC(NC(C)CCCC(F)(F)F)CC1. The Morgan fingerprint density at radius 3 is 2.42 bits per heavy atom. The summed E-state index contributed by atoms with van der Waals surface area (Å²) >= 11 is 0. The third-order valence-corrected chi connectivity index (χ3v) is 3.56. The van der Waals surface area contributed by atoms with E-state index in [9.17, 15) is 18.0 Å². The van der Waals surface area contributed by atoms with Gasteiger partial charge < -0.3 is 10.2 Å². The Morgan fingerprint density at radius 1 is 1.37 bits per heavy atom. The molecule has 1 aliphatic heterocycles. The van der Waals surface area contributed by atoms with Crippen LogP contribution in [0.4, 0.5) is 13.2 Å². The molecule has 0 bridgehead atoms. The number of carbonyl (C=O) groups is 1. The van der Waals surface area contributed by atoms with Gasteiger partial charge in [0, 0.05) is 38.5 Å². The number of carbonyl (C=O) groups excluding carboxylic acids is 1. The Labute approximate surface area is 112 Å². The molecule has 19 heavy (non-hydrogen) atoms. The first kappa shape index (κ1) is 16.3. The maximum Gasteiger partial charge on any atom is 0.389 e. The van der Waals surface area contributed by atoms with Crippen molar-refractivity contribution in [1.82, 2.24) is 10.2 Å². The Hall–Kier alpha value is -0.780. The van der Waals surface area contributed by atoms with Crippen LogP contribution in [0.3, 0.4) is 0 Å². The molecule has 1 amide bonds.